The van der Waals surface area contributed by atoms with Crippen molar-refractivity contribution < 1.29 is 19.7 Å². The Labute approximate surface area is 76.3 Å². The summed E-state index contributed by atoms with van der Waals surface area (Å²) in [7, 11) is 0. The van der Waals surface area contributed by atoms with Gasteiger partial charge in [-0.2, -0.15) is 0 Å². The topological polar surface area (TPSA) is 58.9 Å². The molecule has 0 aliphatic carbocycles. The van der Waals surface area contributed by atoms with Gasteiger partial charge in [0.05, 0.1) is 0 Å². The largest absolute Gasteiger partial charge is 0.504 e. The summed E-state index contributed by atoms with van der Waals surface area (Å²) in [5.41, 5.74) is 0. The molecule has 0 aliphatic rings. The molecule has 0 unspecified atom stereocenters. The minimum atomic E-state index is -0.0975. The molecule has 0 aliphatic heterocycles. The Balaban J connectivity index is 2.64. The summed E-state index contributed by atoms with van der Waals surface area (Å²) in [4.78, 5) is 0. The average molecular weight is 184 g/mol. The van der Waals surface area contributed by atoms with Crippen LogP contribution in [0.1, 0.15) is 6.92 Å². The Bertz CT molecular complexity index is 252. The number of phenolic OH excluding ortho intramolecular Hbond substituents is 2. The van der Waals surface area contributed by atoms with Crippen LogP contribution >= 0.6 is 0 Å². The van der Waals surface area contributed by atoms with E-state index >= 15 is 0 Å². The van der Waals surface area contributed by atoms with Crippen LogP contribution < -0.4 is 4.74 Å². The number of rotatable bonds is 4. The van der Waals surface area contributed by atoms with E-state index in [1.165, 1.54) is 18.2 Å². The third kappa shape index (κ3) is 2.52. The molecular formula is C9H12O4. The normalized spacial score (nSPS) is 9.92. The van der Waals surface area contributed by atoms with Crippen molar-refractivity contribution in [1.29, 1.82) is 0 Å². The standard InChI is InChI=1S/C9H12O4/c1-2-12-6-13-9-7(10)4-3-5-8(9)11/h3-5,10-11H,2,6H2,1H3. The Hall–Kier alpha value is -1.42. The first-order valence-corrected chi connectivity index (χ1v) is 3.97. The molecule has 0 fully saturated rings. The van der Waals surface area contributed by atoms with Crippen molar-refractivity contribution in [1.82, 2.24) is 0 Å². The van der Waals surface area contributed by atoms with E-state index in [1.54, 1.807) is 0 Å². The molecule has 2 N–H and O–H groups in total. The van der Waals surface area contributed by atoms with Crippen molar-refractivity contribution in [3.8, 4) is 17.2 Å². The van der Waals surface area contributed by atoms with Gasteiger partial charge in [-0.1, -0.05) is 6.07 Å². The van der Waals surface area contributed by atoms with E-state index in [-0.39, 0.29) is 24.0 Å². The summed E-state index contributed by atoms with van der Waals surface area (Å²) in [5, 5.41) is 18.5. The van der Waals surface area contributed by atoms with Gasteiger partial charge in [0.1, 0.15) is 0 Å². The lowest BCUT2D eigenvalue weighted by Gasteiger charge is -2.08. The number of aromatic hydroxyl groups is 2. The van der Waals surface area contributed by atoms with E-state index in [9.17, 15) is 10.2 Å². The molecule has 0 amide bonds. The highest BCUT2D eigenvalue weighted by atomic mass is 16.7. The maximum Gasteiger partial charge on any atom is 0.205 e. The fraction of sp³-hybridized carbons (Fsp3) is 0.333. The molecule has 0 bridgehead atoms. The second-order valence-corrected chi connectivity index (χ2v) is 2.38. The second kappa shape index (κ2) is 4.57. The highest BCUT2D eigenvalue weighted by molar-refractivity contribution is 5.49. The van der Waals surface area contributed by atoms with Crippen LogP contribution in [-0.2, 0) is 4.74 Å². The van der Waals surface area contributed by atoms with Gasteiger partial charge in [0.2, 0.25) is 5.75 Å². The van der Waals surface area contributed by atoms with Gasteiger partial charge < -0.3 is 19.7 Å². The molecule has 4 heteroatoms. The van der Waals surface area contributed by atoms with Crippen LogP contribution in [0.25, 0.3) is 0 Å². The number of hydrogen-bond donors (Lipinski definition) is 2. The zero-order chi connectivity index (χ0) is 9.68. The summed E-state index contributed by atoms with van der Waals surface area (Å²) >= 11 is 0. The van der Waals surface area contributed by atoms with E-state index < -0.39 is 0 Å². The predicted molar refractivity (Wildman–Crippen MR) is 46.9 cm³/mol. The average Bonchev–Trinajstić information content (AvgIpc) is 2.10. The maximum atomic E-state index is 9.25. The van der Waals surface area contributed by atoms with Crippen LogP contribution in [-0.4, -0.2) is 23.6 Å². The van der Waals surface area contributed by atoms with Gasteiger partial charge in [-0.25, -0.2) is 0 Å². The fourth-order valence-electron chi connectivity index (χ4n) is 0.845. The summed E-state index contributed by atoms with van der Waals surface area (Å²) in [6.45, 7) is 2.37. The Kier molecular flexibility index (Phi) is 3.40. The van der Waals surface area contributed by atoms with Crippen LogP contribution in [0.2, 0.25) is 0 Å². The minimum Gasteiger partial charge on any atom is -0.504 e. The Morgan fingerprint density at radius 3 is 2.38 bits per heavy atom. The second-order valence-electron chi connectivity index (χ2n) is 2.38. The first-order chi connectivity index (χ1) is 6.25. The zero-order valence-corrected chi connectivity index (χ0v) is 7.36. The van der Waals surface area contributed by atoms with Gasteiger partial charge in [0, 0.05) is 6.61 Å². The van der Waals surface area contributed by atoms with Crippen molar-refractivity contribution >= 4 is 0 Å². The lowest BCUT2D eigenvalue weighted by molar-refractivity contribution is 0.0194. The van der Waals surface area contributed by atoms with Crippen molar-refractivity contribution in [2.75, 3.05) is 13.4 Å². The molecule has 0 heterocycles. The van der Waals surface area contributed by atoms with E-state index in [4.69, 9.17) is 9.47 Å². The van der Waals surface area contributed by atoms with Gasteiger partial charge >= 0.3 is 0 Å². The Morgan fingerprint density at radius 1 is 1.23 bits per heavy atom. The quantitative estimate of drug-likeness (QED) is 0.549. The summed E-state index contributed by atoms with van der Waals surface area (Å²) < 4.78 is 9.89. The molecule has 0 aromatic heterocycles. The minimum absolute atomic E-state index is 0.0155. The van der Waals surface area contributed by atoms with Crippen LogP contribution in [0, 0.1) is 0 Å². The smallest absolute Gasteiger partial charge is 0.205 e. The lowest BCUT2D eigenvalue weighted by atomic mass is 10.3. The molecule has 72 valence electrons. The van der Waals surface area contributed by atoms with E-state index in [0.29, 0.717) is 6.61 Å². The highest BCUT2D eigenvalue weighted by Gasteiger charge is 2.06. The van der Waals surface area contributed by atoms with Gasteiger partial charge in [-0.15, -0.1) is 0 Å². The molecule has 4 nitrogen and oxygen atoms in total. The summed E-state index contributed by atoms with van der Waals surface area (Å²) in [6.07, 6.45) is 0. The molecule has 0 saturated carbocycles. The van der Waals surface area contributed by atoms with Gasteiger partial charge in [0.25, 0.3) is 0 Å². The van der Waals surface area contributed by atoms with E-state index in [2.05, 4.69) is 0 Å². The van der Waals surface area contributed by atoms with Gasteiger partial charge in [-0.3, -0.25) is 0 Å². The van der Waals surface area contributed by atoms with Crippen molar-refractivity contribution in [2.24, 2.45) is 0 Å². The first-order valence-electron chi connectivity index (χ1n) is 3.97. The molecule has 0 atom stereocenters. The fourth-order valence-corrected chi connectivity index (χ4v) is 0.845. The zero-order valence-electron chi connectivity index (χ0n) is 7.36. The monoisotopic (exact) mass is 184 g/mol. The third-order valence-corrected chi connectivity index (χ3v) is 1.46. The molecule has 0 radical (unpaired) electrons. The molecule has 13 heavy (non-hydrogen) atoms. The van der Waals surface area contributed by atoms with E-state index in [1.807, 2.05) is 6.92 Å². The molecule has 1 aromatic rings. The predicted octanol–water partition coefficient (Wildman–Crippen LogP) is 1.47. The molecule has 0 saturated heterocycles. The van der Waals surface area contributed by atoms with Crippen molar-refractivity contribution in [3.63, 3.8) is 0 Å². The molecule has 1 aromatic carbocycles. The summed E-state index contributed by atoms with van der Waals surface area (Å²) in [5.74, 6) is -0.143. The van der Waals surface area contributed by atoms with Crippen LogP contribution in [0.15, 0.2) is 18.2 Å². The number of phenols is 2. The third-order valence-electron chi connectivity index (χ3n) is 1.46. The molecular weight excluding hydrogens is 172 g/mol. The van der Waals surface area contributed by atoms with Crippen LogP contribution in [0.3, 0.4) is 0 Å². The molecule has 1 rings (SSSR count). The Morgan fingerprint density at radius 2 is 1.85 bits per heavy atom. The number of benzene rings is 1. The highest BCUT2D eigenvalue weighted by Crippen LogP contribution is 2.34. The maximum absolute atomic E-state index is 9.25. The summed E-state index contributed by atoms with van der Waals surface area (Å²) in [6, 6.07) is 4.39. The number of para-hydroxylation sites is 1. The first kappa shape index (κ1) is 9.67. The van der Waals surface area contributed by atoms with Gasteiger partial charge in [-0.05, 0) is 19.1 Å². The molecule has 0 spiro atoms. The van der Waals surface area contributed by atoms with Crippen molar-refractivity contribution in [2.45, 2.75) is 6.92 Å². The van der Waals surface area contributed by atoms with Crippen LogP contribution in [0.4, 0.5) is 0 Å². The SMILES string of the molecule is CCOCOc1c(O)cccc1O. The van der Waals surface area contributed by atoms with Crippen LogP contribution in [0.5, 0.6) is 17.2 Å². The lowest BCUT2D eigenvalue weighted by Crippen LogP contribution is -2.02. The number of hydrogen-bond acceptors (Lipinski definition) is 4. The van der Waals surface area contributed by atoms with Crippen molar-refractivity contribution in [3.05, 3.63) is 18.2 Å². The van der Waals surface area contributed by atoms with Gasteiger partial charge in [0.15, 0.2) is 18.3 Å². The number of ether oxygens (including phenoxy) is 2. The van der Waals surface area contributed by atoms with E-state index in [0.717, 1.165) is 0 Å².